The van der Waals surface area contributed by atoms with Gasteiger partial charge in [0.05, 0.1) is 0 Å². The maximum atomic E-state index is 13.2. The van der Waals surface area contributed by atoms with Crippen LogP contribution in [0, 0.1) is 13.8 Å². The van der Waals surface area contributed by atoms with Crippen LogP contribution in [0.25, 0.3) is 0 Å². The van der Waals surface area contributed by atoms with E-state index in [9.17, 15) is 4.79 Å². The fourth-order valence-electron chi connectivity index (χ4n) is 3.91. The van der Waals surface area contributed by atoms with Gasteiger partial charge in [-0.15, -0.1) is 0 Å². The second-order valence-corrected chi connectivity index (χ2v) is 8.14. The van der Waals surface area contributed by atoms with Crippen molar-refractivity contribution in [1.29, 1.82) is 0 Å². The summed E-state index contributed by atoms with van der Waals surface area (Å²) in [5, 5.41) is 0. The first kappa shape index (κ1) is 20.9. The Kier molecular flexibility index (Phi) is 7.16. The van der Waals surface area contributed by atoms with E-state index >= 15 is 0 Å². The molecule has 0 spiro atoms. The first-order chi connectivity index (χ1) is 13.5. The zero-order valence-electron chi connectivity index (χ0n) is 16.8. The van der Waals surface area contributed by atoms with E-state index in [4.69, 9.17) is 5.73 Å². The van der Waals surface area contributed by atoms with Crippen LogP contribution in [0.15, 0.2) is 48.5 Å². The molecule has 1 heterocycles. The number of carbonyl (C=O) groups is 1. The minimum absolute atomic E-state index is 0.0443. The number of nitrogens with two attached hydrogens (primary N) is 1. The number of aryl methyl sites for hydroxylation is 1. The highest BCUT2D eigenvalue weighted by atomic mass is 32.1. The van der Waals surface area contributed by atoms with Crippen molar-refractivity contribution in [3.8, 4) is 0 Å². The average molecular weight is 398 g/mol. The van der Waals surface area contributed by atoms with Crippen LogP contribution in [-0.2, 0) is 6.42 Å². The van der Waals surface area contributed by atoms with E-state index in [-0.39, 0.29) is 18.0 Å². The predicted octanol–water partition coefficient (Wildman–Crippen LogP) is 2.93. The van der Waals surface area contributed by atoms with Crippen molar-refractivity contribution in [2.24, 2.45) is 5.73 Å². The molecule has 0 radical (unpaired) electrons. The van der Waals surface area contributed by atoms with E-state index in [2.05, 4.69) is 54.8 Å². The lowest BCUT2D eigenvalue weighted by atomic mass is 9.99. The molecule has 3 rings (SSSR count). The summed E-state index contributed by atoms with van der Waals surface area (Å²) < 4.78 is 0. The molecule has 1 aliphatic heterocycles. The lowest BCUT2D eigenvalue weighted by Gasteiger charge is -2.42. The second-order valence-electron chi connectivity index (χ2n) is 7.78. The maximum Gasteiger partial charge on any atom is 0.254 e. The maximum absolute atomic E-state index is 13.2. The van der Waals surface area contributed by atoms with E-state index in [0.717, 1.165) is 49.3 Å². The summed E-state index contributed by atoms with van der Waals surface area (Å²) in [6.45, 7) is 7.20. The summed E-state index contributed by atoms with van der Waals surface area (Å²) in [5.74, 6) is 0.803. The van der Waals surface area contributed by atoms with Gasteiger partial charge in [-0.25, -0.2) is 0 Å². The molecule has 1 fully saturated rings. The molecule has 2 atom stereocenters. The average Bonchev–Trinajstić information content (AvgIpc) is 2.71. The van der Waals surface area contributed by atoms with Gasteiger partial charge in [0.15, 0.2) is 0 Å². The van der Waals surface area contributed by atoms with Gasteiger partial charge in [-0.1, -0.05) is 42.5 Å². The van der Waals surface area contributed by atoms with Gasteiger partial charge in [-0.3, -0.25) is 9.69 Å². The quantitative estimate of drug-likeness (QED) is 0.737. The first-order valence-corrected chi connectivity index (χ1v) is 10.6. The molecule has 5 heteroatoms. The second kappa shape index (κ2) is 9.59. The molecule has 0 aliphatic carbocycles. The van der Waals surface area contributed by atoms with Gasteiger partial charge in [0, 0.05) is 49.6 Å². The number of hydrogen-bond acceptors (Lipinski definition) is 4. The predicted molar refractivity (Wildman–Crippen MR) is 119 cm³/mol. The zero-order chi connectivity index (χ0) is 20.1. The van der Waals surface area contributed by atoms with Crippen molar-refractivity contribution in [1.82, 2.24) is 9.80 Å². The molecule has 150 valence electrons. The van der Waals surface area contributed by atoms with Gasteiger partial charge in [-0.05, 0) is 43.0 Å². The van der Waals surface area contributed by atoms with E-state index in [1.54, 1.807) is 0 Å². The molecule has 2 N–H and O–H groups in total. The normalized spacial score (nSPS) is 18.9. The number of rotatable bonds is 6. The lowest BCUT2D eigenvalue weighted by molar-refractivity contribution is 0.0471. The molecule has 2 aromatic carbocycles. The molecular weight excluding hydrogens is 366 g/mol. The Morgan fingerprint density at radius 3 is 2.61 bits per heavy atom. The summed E-state index contributed by atoms with van der Waals surface area (Å²) >= 11 is 4.35. The van der Waals surface area contributed by atoms with Crippen molar-refractivity contribution in [3.05, 3.63) is 70.8 Å². The molecule has 1 saturated heterocycles. The van der Waals surface area contributed by atoms with Crippen molar-refractivity contribution >= 4 is 18.5 Å². The highest BCUT2D eigenvalue weighted by molar-refractivity contribution is 7.80. The third-order valence-corrected chi connectivity index (χ3v) is 6.21. The van der Waals surface area contributed by atoms with Crippen LogP contribution in [0.2, 0.25) is 0 Å². The molecule has 0 bridgehead atoms. The van der Waals surface area contributed by atoms with E-state index in [1.165, 1.54) is 5.56 Å². The van der Waals surface area contributed by atoms with E-state index < -0.39 is 0 Å². The monoisotopic (exact) mass is 397 g/mol. The fraction of sp³-hybridized carbons (Fsp3) is 0.435. The highest BCUT2D eigenvalue weighted by Gasteiger charge is 2.31. The minimum Gasteiger partial charge on any atom is -0.336 e. The Balaban J connectivity index is 1.78. The Morgan fingerprint density at radius 2 is 1.89 bits per heavy atom. The van der Waals surface area contributed by atoms with E-state index in [0.29, 0.717) is 5.75 Å². The number of carbonyl (C=O) groups excluding carboxylic acids is 1. The van der Waals surface area contributed by atoms with Crippen LogP contribution in [0.5, 0.6) is 0 Å². The molecule has 28 heavy (non-hydrogen) atoms. The van der Waals surface area contributed by atoms with Crippen LogP contribution in [-0.4, -0.2) is 59.7 Å². The third kappa shape index (κ3) is 4.96. The van der Waals surface area contributed by atoms with Crippen LogP contribution in [0.4, 0.5) is 0 Å². The summed E-state index contributed by atoms with van der Waals surface area (Å²) in [6.07, 6.45) is 0.913. The molecule has 4 nitrogen and oxygen atoms in total. The number of benzene rings is 2. The van der Waals surface area contributed by atoms with Gasteiger partial charge >= 0.3 is 0 Å². The fourth-order valence-corrected chi connectivity index (χ4v) is 4.03. The number of hydrogen-bond donors (Lipinski definition) is 2. The number of amides is 1. The topological polar surface area (TPSA) is 49.6 Å². The van der Waals surface area contributed by atoms with Gasteiger partial charge in [-0.2, -0.15) is 12.6 Å². The molecule has 0 saturated carbocycles. The van der Waals surface area contributed by atoms with Crippen molar-refractivity contribution < 1.29 is 4.79 Å². The largest absolute Gasteiger partial charge is 0.336 e. The zero-order valence-corrected chi connectivity index (χ0v) is 17.7. The minimum atomic E-state index is 0.0443. The van der Waals surface area contributed by atoms with Gasteiger partial charge in [0.1, 0.15) is 0 Å². The summed E-state index contributed by atoms with van der Waals surface area (Å²) in [5.41, 5.74) is 10.5. The van der Waals surface area contributed by atoms with Gasteiger partial charge in [0.25, 0.3) is 5.91 Å². The first-order valence-electron chi connectivity index (χ1n) is 9.99. The molecular formula is C23H31N3OS. The Labute approximate surface area is 174 Å². The van der Waals surface area contributed by atoms with Crippen molar-refractivity contribution in [3.63, 3.8) is 0 Å². The molecule has 1 unspecified atom stereocenters. The number of piperazine rings is 1. The molecule has 1 amide bonds. The third-order valence-electron chi connectivity index (χ3n) is 5.74. The highest BCUT2D eigenvalue weighted by Crippen LogP contribution is 2.20. The van der Waals surface area contributed by atoms with E-state index in [1.807, 2.05) is 30.0 Å². The SMILES string of the molecule is Cc1cccc(C(=O)N2CCN(C[C@@H](N)CS)C(Cc3ccccc3)C2)c1C. The summed E-state index contributed by atoms with van der Waals surface area (Å²) in [6, 6.07) is 16.8. The standard InChI is InChI=1S/C23H31N3OS/c1-17-7-6-10-22(18(17)2)23(27)26-12-11-25(14-20(24)16-28)21(15-26)13-19-8-4-3-5-9-19/h3-10,20-21,28H,11-16,24H2,1-2H3/t20-,21?/m1/s1. The summed E-state index contributed by atoms with van der Waals surface area (Å²) in [7, 11) is 0. The Morgan fingerprint density at radius 1 is 1.14 bits per heavy atom. The molecule has 0 aromatic heterocycles. The smallest absolute Gasteiger partial charge is 0.254 e. The Hall–Kier alpha value is -1.82. The van der Waals surface area contributed by atoms with Gasteiger partial charge in [0.2, 0.25) is 0 Å². The van der Waals surface area contributed by atoms with Gasteiger partial charge < -0.3 is 10.6 Å². The Bertz CT molecular complexity index is 796. The molecule has 2 aromatic rings. The van der Waals surface area contributed by atoms with Crippen LogP contribution < -0.4 is 5.73 Å². The lowest BCUT2D eigenvalue weighted by Crippen LogP contribution is -2.58. The van der Waals surface area contributed by atoms with Crippen molar-refractivity contribution in [2.75, 3.05) is 31.9 Å². The number of nitrogens with zero attached hydrogens (tertiary/aromatic N) is 2. The number of thiol groups is 1. The van der Waals surface area contributed by atoms with Crippen LogP contribution >= 0.6 is 12.6 Å². The van der Waals surface area contributed by atoms with Crippen molar-refractivity contribution in [2.45, 2.75) is 32.4 Å². The van der Waals surface area contributed by atoms with Crippen LogP contribution in [0.1, 0.15) is 27.0 Å². The molecule has 1 aliphatic rings. The van der Waals surface area contributed by atoms with Crippen LogP contribution in [0.3, 0.4) is 0 Å². The summed E-state index contributed by atoms with van der Waals surface area (Å²) in [4.78, 5) is 17.7.